The number of benzene rings is 1. The van der Waals surface area contributed by atoms with Gasteiger partial charge in [0.2, 0.25) is 0 Å². The molecule has 0 radical (unpaired) electrons. The predicted molar refractivity (Wildman–Crippen MR) is 110 cm³/mol. The summed E-state index contributed by atoms with van der Waals surface area (Å²) >= 11 is 1.73. The fourth-order valence-corrected chi connectivity index (χ4v) is 3.33. The molecule has 0 aliphatic rings. The second-order valence-electron chi connectivity index (χ2n) is 7.10. The maximum atomic E-state index is 5.19. The number of aromatic nitrogens is 1. The summed E-state index contributed by atoms with van der Waals surface area (Å²) in [4.78, 5) is 9.39. The minimum atomic E-state index is 0.108. The number of rotatable bonds is 7. The van der Waals surface area contributed by atoms with Crippen molar-refractivity contribution in [1.82, 2.24) is 15.6 Å². The highest BCUT2D eigenvalue weighted by molar-refractivity contribution is 7.09. The van der Waals surface area contributed by atoms with Crippen LogP contribution in [0.5, 0.6) is 5.75 Å². The first kappa shape index (κ1) is 20.2. The first-order valence-corrected chi connectivity index (χ1v) is 9.90. The summed E-state index contributed by atoms with van der Waals surface area (Å²) in [7, 11) is 1.67. The summed E-state index contributed by atoms with van der Waals surface area (Å²) in [5, 5.41) is 10.0. The molecule has 1 aromatic heterocycles. The molecular weight excluding hydrogens is 344 g/mol. The highest BCUT2D eigenvalue weighted by atomic mass is 32.1. The summed E-state index contributed by atoms with van der Waals surface area (Å²) in [6.07, 6.45) is 0.897. The van der Waals surface area contributed by atoms with Crippen LogP contribution in [-0.2, 0) is 18.4 Å². The van der Waals surface area contributed by atoms with Crippen LogP contribution in [0, 0.1) is 0 Å². The molecule has 1 aromatic carbocycles. The first-order valence-electron chi connectivity index (χ1n) is 9.02. The van der Waals surface area contributed by atoms with Crippen LogP contribution in [0.2, 0.25) is 0 Å². The largest absolute Gasteiger partial charge is 0.497 e. The number of nitrogens with zero attached hydrogens (tertiary/aromatic N) is 2. The van der Waals surface area contributed by atoms with Gasteiger partial charge in [-0.25, -0.2) is 9.98 Å². The van der Waals surface area contributed by atoms with Crippen LogP contribution in [0.25, 0.3) is 0 Å². The molecule has 0 fully saturated rings. The van der Waals surface area contributed by atoms with E-state index in [-0.39, 0.29) is 5.41 Å². The molecule has 2 N–H and O–H groups in total. The molecule has 2 rings (SSSR count). The molecule has 6 heteroatoms. The van der Waals surface area contributed by atoms with Gasteiger partial charge in [0.25, 0.3) is 0 Å². The monoisotopic (exact) mass is 374 g/mol. The van der Waals surface area contributed by atoms with Gasteiger partial charge in [0.05, 0.1) is 24.4 Å². The lowest BCUT2D eigenvalue weighted by atomic mass is 9.93. The van der Waals surface area contributed by atoms with E-state index in [0.29, 0.717) is 6.54 Å². The Bertz CT molecular complexity index is 701. The quantitative estimate of drug-likeness (QED) is 0.572. The molecule has 1 heterocycles. The molecule has 26 heavy (non-hydrogen) atoms. The van der Waals surface area contributed by atoms with Crippen molar-refractivity contribution >= 4 is 17.3 Å². The molecule has 0 saturated heterocycles. The highest BCUT2D eigenvalue weighted by Gasteiger charge is 2.17. The Morgan fingerprint density at radius 3 is 2.50 bits per heavy atom. The standard InChI is InChI=1S/C20H30N4OS/c1-6-21-19(23-13-15-7-9-16(25-5)10-8-15)22-12-11-18-24-17(14-26-18)20(2,3)4/h7-10,14H,6,11-13H2,1-5H3,(H2,21,22,23). The summed E-state index contributed by atoms with van der Waals surface area (Å²) < 4.78 is 5.19. The Labute approximate surface area is 160 Å². The van der Waals surface area contributed by atoms with Crippen molar-refractivity contribution < 1.29 is 4.74 Å². The number of hydrogen-bond donors (Lipinski definition) is 2. The minimum absolute atomic E-state index is 0.108. The molecule has 2 aromatic rings. The summed E-state index contributed by atoms with van der Waals surface area (Å²) in [5.41, 5.74) is 2.42. The van der Waals surface area contributed by atoms with E-state index in [1.807, 2.05) is 24.3 Å². The lowest BCUT2D eigenvalue weighted by molar-refractivity contribution is 0.414. The first-order chi connectivity index (χ1) is 12.4. The second-order valence-corrected chi connectivity index (χ2v) is 8.04. The minimum Gasteiger partial charge on any atom is -0.497 e. The molecule has 0 aliphatic carbocycles. The van der Waals surface area contributed by atoms with Crippen LogP contribution in [-0.4, -0.2) is 31.1 Å². The third-order valence-electron chi connectivity index (χ3n) is 3.87. The van der Waals surface area contributed by atoms with Gasteiger partial charge < -0.3 is 15.4 Å². The van der Waals surface area contributed by atoms with Gasteiger partial charge in [-0.1, -0.05) is 32.9 Å². The third-order valence-corrected chi connectivity index (χ3v) is 4.78. The normalized spacial score (nSPS) is 12.1. The van der Waals surface area contributed by atoms with E-state index in [0.717, 1.165) is 47.5 Å². The Balaban J connectivity index is 1.87. The van der Waals surface area contributed by atoms with E-state index in [4.69, 9.17) is 9.72 Å². The molecule has 0 bridgehead atoms. The van der Waals surface area contributed by atoms with E-state index < -0.39 is 0 Å². The zero-order valence-electron chi connectivity index (χ0n) is 16.4. The zero-order chi connectivity index (χ0) is 19.0. The third kappa shape index (κ3) is 6.33. The van der Waals surface area contributed by atoms with Gasteiger partial charge in [-0.15, -0.1) is 11.3 Å². The lowest BCUT2D eigenvalue weighted by Gasteiger charge is -2.14. The molecular formula is C20H30N4OS. The van der Waals surface area contributed by atoms with Crippen molar-refractivity contribution in [1.29, 1.82) is 0 Å². The van der Waals surface area contributed by atoms with Gasteiger partial charge in [0.15, 0.2) is 5.96 Å². The number of thiazole rings is 1. The smallest absolute Gasteiger partial charge is 0.191 e. The van der Waals surface area contributed by atoms with Crippen molar-refractivity contribution in [3.05, 3.63) is 45.9 Å². The highest BCUT2D eigenvalue weighted by Crippen LogP contribution is 2.23. The average Bonchev–Trinajstić information content (AvgIpc) is 3.09. The number of methoxy groups -OCH3 is 1. The molecule has 0 amide bonds. The van der Waals surface area contributed by atoms with Crippen molar-refractivity contribution in [3.8, 4) is 5.75 Å². The molecule has 0 spiro atoms. The van der Waals surface area contributed by atoms with Crippen LogP contribution in [0.3, 0.4) is 0 Å². The van der Waals surface area contributed by atoms with Crippen molar-refractivity contribution in [2.45, 2.75) is 46.1 Å². The number of nitrogens with one attached hydrogen (secondary N) is 2. The summed E-state index contributed by atoms with van der Waals surface area (Å²) in [6, 6.07) is 7.99. The second kappa shape index (κ2) is 9.57. The van der Waals surface area contributed by atoms with Gasteiger partial charge in [-0.2, -0.15) is 0 Å². The van der Waals surface area contributed by atoms with E-state index in [9.17, 15) is 0 Å². The maximum Gasteiger partial charge on any atom is 0.191 e. The average molecular weight is 375 g/mol. The van der Waals surface area contributed by atoms with Crippen LogP contribution in [0.1, 0.15) is 44.0 Å². The topological polar surface area (TPSA) is 58.5 Å². The molecule has 0 saturated carbocycles. The van der Waals surface area contributed by atoms with Crippen LogP contribution < -0.4 is 15.4 Å². The fraction of sp³-hybridized carbons (Fsp3) is 0.500. The Hall–Kier alpha value is -2.08. The van der Waals surface area contributed by atoms with Crippen LogP contribution >= 0.6 is 11.3 Å². The Morgan fingerprint density at radius 1 is 1.19 bits per heavy atom. The van der Waals surface area contributed by atoms with Crippen molar-refractivity contribution in [3.63, 3.8) is 0 Å². The Kier molecular flexibility index (Phi) is 7.45. The van der Waals surface area contributed by atoms with Crippen molar-refractivity contribution in [2.75, 3.05) is 20.2 Å². The molecule has 0 aliphatic heterocycles. The lowest BCUT2D eigenvalue weighted by Crippen LogP contribution is -2.38. The van der Waals surface area contributed by atoms with Gasteiger partial charge in [-0.05, 0) is 24.6 Å². The van der Waals surface area contributed by atoms with Gasteiger partial charge in [0, 0.05) is 30.3 Å². The maximum absolute atomic E-state index is 5.19. The number of aliphatic imine (C=N–C) groups is 1. The zero-order valence-corrected chi connectivity index (χ0v) is 17.2. The number of guanidine groups is 1. The summed E-state index contributed by atoms with van der Waals surface area (Å²) in [5.74, 6) is 1.69. The molecule has 0 unspecified atom stereocenters. The van der Waals surface area contributed by atoms with E-state index >= 15 is 0 Å². The molecule has 5 nitrogen and oxygen atoms in total. The van der Waals surface area contributed by atoms with Crippen LogP contribution in [0.4, 0.5) is 0 Å². The predicted octanol–water partition coefficient (Wildman–Crippen LogP) is 3.75. The van der Waals surface area contributed by atoms with E-state index in [1.54, 1.807) is 18.4 Å². The van der Waals surface area contributed by atoms with Gasteiger partial charge in [0.1, 0.15) is 5.75 Å². The molecule has 142 valence electrons. The number of ether oxygens (including phenoxy) is 1. The summed E-state index contributed by atoms with van der Waals surface area (Å²) in [6.45, 7) is 10.9. The van der Waals surface area contributed by atoms with E-state index in [1.165, 1.54) is 0 Å². The van der Waals surface area contributed by atoms with Crippen LogP contribution in [0.15, 0.2) is 34.6 Å². The van der Waals surface area contributed by atoms with E-state index in [2.05, 4.69) is 48.7 Å². The molecule has 0 atom stereocenters. The fourth-order valence-electron chi connectivity index (χ4n) is 2.30. The van der Waals surface area contributed by atoms with Gasteiger partial charge >= 0.3 is 0 Å². The van der Waals surface area contributed by atoms with Crippen molar-refractivity contribution in [2.24, 2.45) is 4.99 Å². The number of hydrogen-bond acceptors (Lipinski definition) is 4. The Morgan fingerprint density at radius 2 is 1.92 bits per heavy atom. The van der Waals surface area contributed by atoms with Gasteiger partial charge in [-0.3, -0.25) is 0 Å². The SMILES string of the molecule is CCNC(=NCc1ccc(OC)cc1)NCCc1nc(C(C)(C)C)cs1.